The number of ether oxygens (including phenoxy) is 2. The number of hydrogen-bond donors (Lipinski definition) is 1. The van der Waals surface area contributed by atoms with E-state index in [4.69, 9.17) is 14.6 Å². The molecule has 0 aliphatic heterocycles. The molecule has 0 aliphatic rings. The summed E-state index contributed by atoms with van der Waals surface area (Å²) < 4.78 is 12.1. The Morgan fingerprint density at radius 3 is 2.94 bits per heavy atom. The molecule has 0 aliphatic carbocycles. The second-order valence-corrected chi connectivity index (χ2v) is 3.53. The van der Waals surface area contributed by atoms with Crippen molar-refractivity contribution in [2.45, 2.75) is 32.9 Å². The number of aliphatic carboxylic acids is 1. The number of carboxylic acids is 1. The van der Waals surface area contributed by atoms with E-state index in [1.807, 2.05) is 0 Å². The third kappa shape index (κ3) is 4.44. The summed E-state index contributed by atoms with van der Waals surface area (Å²) in [4.78, 5) is 10.8. The SMILES string of the molecule is CCCn1cc(OCC(OCC)C(=O)O)cn1. The topological polar surface area (TPSA) is 73.6 Å². The van der Waals surface area contributed by atoms with Gasteiger partial charge in [0, 0.05) is 13.2 Å². The lowest BCUT2D eigenvalue weighted by atomic mass is 10.4. The Labute approximate surface area is 100 Å². The zero-order valence-corrected chi connectivity index (χ0v) is 10.1. The highest BCUT2D eigenvalue weighted by Gasteiger charge is 2.18. The van der Waals surface area contributed by atoms with Gasteiger partial charge in [-0.1, -0.05) is 6.92 Å². The molecule has 1 atom stereocenters. The molecular formula is C11H18N2O4. The first-order valence-corrected chi connectivity index (χ1v) is 5.67. The molecule has 0 bridgehead atoms. The molecule has 1 aromatic rings. The molecule has 96 valence electrons. The van der Waals surface area contributed by atoms with E-state index in [-0.39, 0.29) is 6.61 Å². The third-order valence-corrected chi connectivity index (χ3v) is 2.11. The quantitative estimate of drug-likeness (QED) is 0.740. The number of hydrogen-bond acceptors (Lipinski definition) is 4. The number of carbonyl (C=O) groups is 1. The van der Waals surface area contributed by atoms with Crippen molar-refractivity contribution in [1.29, 1.82) is 0 Å². The lowest BCUT2D eigenvalue weighted by Crippen LogP contribution is -2.30. The molecule has 0 saturated heterocycles. The number of nitrogens with zero attached hydrogens (tertiary/aromatic N) is 2. The van der Waals surface area contributed by atoms with Crippen LogP contribution in [0.4, 0.5) is 0 Å². The Hall–Kier alpha value is -1.56. The summed E-state index contributed by atoms with van der Waals surface area (Å²) in [5, 5.41) is 12.9. The van der Waals surface area contributed by atoms with Gasteiger partial charge in [0.05, 0.1) is 12.4 Å². The summed E-state index contributed by atoms with van der Waals surface area (Å²) in [6, 6.07) is 0. The first-order valence-electron chi connectivity index (χ1n) is 5.67. The van der Waals surface area contributed by atoms with Crippen LogP contribution < -0.4 is 4.74 Å². The maximum Gasteiger partial charge on any atom is 0.336 e. The van der Waals surface area contributed by atoms with E-state index < -0.39 is 12.1 Å². The van der Waals surface area contributed by atoms with Crippen molar-refractivity contribution in [3.8, 4) is 5.75 Å². The Bertz CT molecular complexity index is 351. The van der Waals surface area contributed by atoms with Crippen molar-refractivity contribution < 1.29 is 19.4 Å². The summed E-state index contributed by atoms with van der Waals surface area (Å²) in [7, 11) is 0. The molecule has 0 spiro atoms. The lowest BCUT2D eigenvalue weighted by molar-refractivity contribution is -0.152. The average Bonchev–Trinajstić information content (AvgIpc) is 2.72. The fourth-order valence-corrected chi connectivity index (χ4v) is 1.33. The molecule has 1 aromatic heterocycles. The predicted molar refractivity (Wildman–Crippen MR) is 61.1 cm³/mol. The summed E-state index contributed by atoms with van der Waals surface area (Å²) >= 11 is 0. The maximum atomic E-state index is 10.8. The molecule has 1 rings (SSSR count). The van der Waals surface area contributed by atoms with Gasteiger partial charge in [0.1, 0.15) is 6.61 Å². The van der Waals surface area contributed by atoms with Crippen LogP contribution in [0.1, 0.15) is 20.3 Å². The largest absolute Gasteiger partial charge is 0.487 e. The molecule has 0 saturated carbocycles. The zero-order valence-electron chi connectivity index (χ0n) is 10.1. The second kappa shape index (κ2) is 6.90. The van der Waals surface area contributed by atoms with Crippen molar-refractivity contribution in [1.82, 2.24) is 9.78 Å². The van der Waals surface area contributed by atoms with Gasteiger partial charge in [0.25, 0.3) is 0 Å². The van der Waals surface area contributed by atoms with E-state index in [2.05, 4.69) is 12.0 Å². The van der Waals surface area contributed by atoms with Crippen LogP contribution in [0, 0.1) is 0 Å². The fourth-order valence-electron chi connectivity index (χ4n) is 1.33. The minimum atomic E-state index is -1.02. The highest BCUT2D eigenvalue weighted by Crippen LogP contribution is 2.09. The van der Waals surface area contributed by atoms with E-state index >= 15 is 0 Å². The van der Waals surface area contributed by atoms with E-state index in [0.29, 0.717) is 12.4 Å². The van der Waals surface area contributed by atoms with Gasteiger partial charge in [-0.3, -0.25) is 4.68 Å². The molecule has 6 heteroatoms. The van der Waals surface area contributed by atoms with Crippen molar-refractivity contribution in [3.63, 3.8) is 0 Å². The van der Waals surface area contributed by atoms with Gasteiger partial charge in [-0.15, -0.1) is 0 Å². The Balaban J connectivity index is 2.44. The van der Waals surface area contributed by atoms with Crippen LogP contribution in [0.25, 0.3) is 0 Å². The Morgan fingerprint density at radius 2 is 2.35 bits per heavy atom. The Kier molecular flexibility index (Phi) is 5.48. The molecule has 6 nitrogen and oxygen atoms in total. The summed E-state index contributed by atoms with van der Waals surface area (Å²) in [5.41, 5.74) is 0. The molecule has 1 unspecified atom stereocenters. The van der Waals surface area contributed by atoms with Gasteiger partial charge in [0.15, 0.2) is 11.9 Å². The first kappa shape index (κ1) is 13.5. The van der Waals surface area contributed by atoms with Gasteiger partial charge in [-0.25, -0.2) is 4.79 Å². The fraction of sp³-hybridized carbons (Fsp3) is 0.636. The molecule has 17 heavy (non-hydrogen) atoms. The number of aryl methyl sites for hydroxylation is 1. The van der Waals surface area contributed by atoms with Crippen LogP contribution >= 0.6 is 0 Å². The molecule has 0 fully saturated rings. The van der Waals surface area contributed by atoms with E-state index in [0.717, 1.165) is 13.0 Å². The molecule has 0 aromatic carbocycles. The maximum absolute atomic E-state index is 10.8. The van der Waals surface area contributed by atoms with Crippen LogP contribution in [0.5, 0.6) is 5.75 Å². The van der Waals surface area contributed by atoms with Crippen LogP contribution in [-0.2, 0) is 16.1 Å². The highest BCUT2D eigenvalue weighted by atomic mass is 16.5. The van der Waals surface area contributed by atoms with Crippen molar-refractivity contribution in [2.75, 3.05) is 13.2 Å². The van der Waals surface area contributed by atoms with Crippen molar-refractivity contribution in [3.05, 3.63) is 12.4 Å². The number of carboxylic acid groups (broad SMARTS) is 1. The minimum Gasteiger partial charge on any atom is -0.487 e. The average molecular weight is 242 g/mol. The van der Waals surface area contributed by atoms with Crippen LogP contribution in [0.15, 0.2) is 12.4 Å². The highest BCUT2D eigenvalue weighted by molar-refractivity contribution is 5.72. The van der Waals surface area contributed by atoms with Gasteiger partial charge in [0.2, 0.25) is 0 Å². The first-order chi connectivity index (χ1) is 8.17. The summed E-state index contributed by atoms with van der Waals surface area (Å²) in [6.45, 7) is 4.95. The van der Waals surface area contributed by atoms with Gasteiger partial charge >= 0.3 is 5.97 Å². The van der Waals surface area contributed by atoms with E-state index in [1.165, 1.54) is 0 Å². The normalized spacial score (nSPS) is 12.4. The standard InChI is InChI=1S/C11H18N2O4/c1-3-5-13-7-9(6-12-13)17-8-10(11(14)15)16-4-2/h6-7,10H,3-5,8H2,1-2H3,(H,14,15). The van der Waals surface area contributed by atoms with Crippen molar-refractivity contribution in [2.24, 2.45) is 0 Å². The van der Waals surface area contributed by atoms with Crippen LogP contribution in [-0.4, -0.2) is 40.2 Å². The number of aromatic nitrogens is 2. The molecule has 0 amide bonds. The van der Waals surface area contributed by atoms with Crippen LogP contribution in [0.2, 0.25) is 0 Å². The molecule has 1 heterocycles. The molecule has 0 radical (unpaired) electrons. The minimum absolute atomic E-state index is 0.0129. The third-order valence-electron chi connectivity index (χ3n) is 2.11. The van der Waals surface area contributed by atoms with Gasteiger partial charge < -0.3 is 14.6 Å². The second-order valence-electron chi connectivity index (χ2n) is 3.53. The predicted octanol–water partition coefficient (Wildman–Crippen LogP) is 1.16. The van der Waals surface area contributed by atoms with Crippen LogP contribution in [0.3, 0.4) is 0 Å². The lowest BCUT2D eigenvalue weighted by Gasteiger charge is -2.12. The summed E-state index contributed by atoms with van der Waals surface area (Å²) in [5.74, 6) is -0.461. The van der Waals surface area contributed by atoms with E-state index in [1.54, 1.807) is 24.0 Å². The zero-order chi connectivity index (χ0) is 12.7. The number of rotatable bonds is 8. The molecular weight excluding hydrogens is 224 g/mol. The summed E-state index contributed by atoms with van der Waals surface area (Å²) in [6.07, 6.45) is 3.36. The molecule has 1 N–H and O–H groups in total. The smallest absolute Gasteiger partial charge is 0.336 e. The monoisotopic (exact) mass is 242 g/mol. The van der Waals surface area contributed by atoms with Gasteiger partial charge in [-0.2, -0.15) is 5.10 Å². The van der Waals surface area contributed by atoms with Crippen molar-refractivity contribution >= 4 is 5.97 Å². The van der Waals surface area contributed by atoms with E-state index in [9.17, 15) is 4.79 Å². The van der Waals surface area contributed by atoms with Gasteiger partial charge in [-0.05, 0) is 13.3 Å². The Morgan fingerprint density at radius 1 is 1.59 bits per heavy atom.